The number of rotatable bonds is 5. The highest BCUT2D eigenvalue weighted by Crippen LogP contribution is 2.37. The van der Waals surface area contributed by atoms with Gasteiger partial charge in [0.2, 0.25) is 5.91 Å². The van der Waals surface area contributed by atoms with Gasteiger partial charge in [0.25, 0.3) is 0 Å². The van der Waals surface area contributed by atoms with Gasteiger partial charge in [-0.3, -0.25) is 4.79 Å². The highest BCUT2D eigenvalue weighted by atomic mass is 79.9. The molecule has 6 heteroatoms. The molecule has 1 unspecified atom stereocenters. The Bertz CT molecular complexity index is 843. The summed E-state index contributed by atoms with van der Waals surface area (Å²) in [4.78, 5) is 16.2. The number of carbonyl (C=O) groups excluding carboxylic acids is 1. The van der Waals surface area contributed by atoms with Crippen molar-refractivity contribution in [1.29, 1.82) is 0 Å². The van der Waals surface area contributed by atoms with Crippen LogP contribution in [0.3, 0.4) is 0 Å². The van der Waals surface area contributed by atoms with E-state index < -0.39 is 0 Å². The summed E-state index contributed by atoms with van der Waals surface area (Å²) in [6, 6.07) is 13.8. The van der Waals surface area contributed by atoms with E-state index in [1.807, 2.05) is 42.5 Å². The average molecular weight is 467 g/mol. The molecule has 0 saturated carbocycles. The van der Waals surface area contributed by atoms with Crippen LogP contribution >= 0.6 is 39.3 Å². The number of aliphatic hydroxyl groups is 1. The van der Waals surface area contributed by atoms with Crippen molar-refractivity contribution in [3.05, 3.63) is 63.6 Å². The molecule has 3 rings (SSSR count). The number of likely N-dealkylation sites (tertiary alicyclic amines) is 1. The van der Waals surface area contributed by atoms with E-state index in [4.69, 9.17) is 11.6 Å². The number of nitrogens with zero attached hydrogens (tertiary/aromatic N) is 1. The monoisotopic (exact) mass is 465 g/mol. The quantitative estimate of drug-likeness (QED) is 0.592. The van der Waals surface area contributed by atoms with Crippen LogP contribution in [0.25, 0.3) is 6.08 Å². The Hall–Kier alpha value is -1.27. The van der Waals surface area contributed by atoms with Crippen LogP contribution < -0.4 is 0 Å². The molecule has 27 heavy (non-hydrogen) atoms. The number of carbonyl (C=O) groups is 1. The molecule has 1 N–H and O–H groups in total. The Morgan fingerprint density at radius 3 is 2.85 bits per heavy atom. The highest BCUT2D eigenvalue weighted by molar-refractivity contribution is 9.10. The van der Waals surface area contributed by atoms with Crippen molar-refractivity contribution in [2.75, 3.05) is 19.7 Å². The summed E-state index contributed by atoms with van der Waals surface area (Å²) in [5.41, 5.74) is 0.889. The zero-order valence-electron chi connectivity index (χ0n) is 14.8. The molecular weight excluding hydrogens is 446 g/mol. The summed E-state index contributed by atoms with van der Waals surface area (Å²) >= 11 is 11.6. The average Bonchev–Trinajstić information content (AvgIpc) is 2.69. The molecule has 142 valence electrons. The van der Waals surface area contributed by atoms with Crippen LogP contribution in [0.4, 0.5) is 0 Å². The summed E-state index contributed by atoms with van der Waals surface area (Å²) < 4.78 is 1.03. The standard InChI is InChI=1S/C21H21BrClNO2S/c22-17-5-1-2-6-19(17)27-20-9-7-15(12-18(20)23)8-10-21(26)24-11-3-4-16(13-24)14-25/h1-2,5-10,12,16,25H,3-4,11,13-14H2/b10-8+. The molecule has 2 aromatic carbocycles. The molecule has 0 bridgehead atoms. The van der Waals surface area contributed by atoms with E-state index in [0.717, 1.165) is 39.2 Å². The van der Waals surface area contributed by atoms with Crippen LogP contribution in [0.2, 0.25) is 5.02 Å². The molecular formula is C21H21BrClNO2S. The maximum atomic E-state index is 12.4. The predicted octanol–water partition coefficient (Wildman–Crippen LogP) is 5.50. The first-order valence-electron chi connectivity index (χ1n) is 8.86. The molecule has 1 aliphatic heterocycles. The van der Waals surface area contributed by atoms with Crippen molar-refractivity contribution in [3.63, 3.8) is 0 Å². The lowest BCUT2D eigenvalue weighted by molar-refractivity contribution is -0.127. The van der Waals surface area contributed by atoms with Crippen LogP contribution in [0.5, 0.6) is 0 Å². The largest absolute Gasteiger partial charge is 0.396 e. The van der Waals surface area contributed by atoms with Crippen LogP contribution in [0.15, 0.2) is 62.8 Å². The third-order valence-electron chi connectivity index (χ3n) is 4.52. The van der Waals surface area contributed by atoms with Gasteiger partial charge in [-0.2, -0.15) is 0 Å². The summed E-state index contributed by atoms with van der Waals surface area (Å²) in [6.07, 6.45) is 5.31. The van der Waals surface area contributed by atoms with E-state index in [0.29, 0.717) is 11.6 Å². The van der Waals surface area contributed by atoms with Gasteiger partial charge < -0.3 is 10.0 Å². The zero-order chi connectivity index (χ0) is 19.2. The summed E-state index contributed by atoms with van der Waals surface area (Å²) in [5, 5.41) is 9.96. The first-order valence-corrected chi connectivity index (χ1v) is 10.9. The summed E-state index contributed by atoms with van der Waals surface area (Å²) in [5.74, 6) is 0.176. The molecule has 1 fully saturated rings. The normalized spacial score (nSPS) is 17.4. The van der Waals surface area contributed by atoms with Gasteiger partial charge in [-0.05, 0) is 70.6 Å². The molecule has 0 spiro atoms. The highest BCUT2D eigenvalue weighted by Gasteiger charge is 2.21. The topological polar surface area (TPSA) is 40.5 Å². The van der Waals surface area contributed by atoms with Crippen molar-refractivity contribution in [2.24, 2.45) is 5.92 Å². The molecule has 0 aliphatic carbocycles. The zero-order valence-corrected chi connectivity index (χ0v) is 17.9. The number of hydrogen-bond acceptors (Lipinski definition) is 3. The second-order valence-corrected chi connectivity index (χ2v) is 8.88. The van der Waals surface area contributed by atoms with Crippen molar-refractivity contribution in [2.45, 2.75) is 22.6 Å². The van der Waals surface area contributed by atoms with Gasteiger partial charge in [-0.15, -0.1) is 0 Å². The Balaban J connectivity index is 1.66. The fourth-order valence-corrected chi connectivity index (χ4v) is 4.71. The fourth-order valence-electron chi connectivity index (χ4n) is 3.04. The smallest absolute Gasteiger partial charge is 0.246 e. The van der Waals surface area contributed by atoms with Crippen molar-refractivity contribution in [3.8, 4) is 0 Å². The minimum Gasteiger partial charge on any atom is -0.396 e. The van der Waals surface area contributed by atoms with E-state index in [9.17, 15) is 9.90 Å². The van der Waals surface area contributed by atoms with Crippen LogP contribution in [0.1, 0.15) is 18.4 Å². The van der Waals surface area contributed by atoms with Crippen LogP contribution in [0, 0.1) is 5.92 Å². The van der Waals surface area contributed by atoms with Gasteiger partial charge >= 0.3 is 0 Å². The van der Waals surface area contributed by atoms with E-state index in [1.54, 1.807) is 28.8 Å². The minimum absolute atomic E-state index is 0.0176. The number of benzene rings is 2. The van der Waals surface area contributed by atoms with Gasteiger partial charge in [0.1, 0.15) is 0 Å². The molecule has 1 amide bonds. The molecule has 3 nitrogen and oxygen atoms in total. The van der Waals surface area contributed by atoms with Crippen LogP contribution in [-0.2, 0) is 4.79 Å². The third-order valence-corrected chi connectivity index (χ3v) is 7.05. The first-order chi connectivity index (χ1) is 13.1. The SMILES string of the molecule is O=C(/C=C/c1ccc(Sc2ccccc2Br)c(Cl)c1)N1CCCC(CO)C1. The Labute approximate surface area is 177 Å². The number of hydrogen-bond donors (Lipinski definition) is 1. The lowest BCUT2D eigenvalue weighted by Gasteiger charge is -2.31. The lowest BCUT2D eigenvalue weighted by atomic mass is 9.99. The van der Waals surface area contributed by atoms with E-state index in [-0.39, 0.29) is 18.4 Å². The molecule has 1 aliphatic rings. The predicted molar refractivity (Wildman–Crippen MR) is 115 cm³/mol. The maximum absolute atomic E-state index is 12.4. The summed E-state index contributed by atoms with van der Waals surface area (Å²) in [7, 11) is 0. The van der Waals surface area contributed by atoms with E-state index in [2.05, 4.69) is 15.9 Å². The molecule has 1 saturated heterocycles. The van der Waals surface area contributed by atoms with Crippen LogP contribution in [-0.4, -0.2) is 35.6 Å². The van der Waals surface area contributed by atoms with Gasteiger partial charge in [-0.25, -0.2) is 0 Å². The van der Waals surface area contributed by atoms with Crippen molar-refractivity contribution in [1.82, 2.24) is 4.90 Å². The number of aliphatic hydroxyl groups excluding tert-OH is 1. The fraction of sp³-hybridized carbons (Fsp3) is 0.286. The molecule has 2 aromatic rings. The van der Waals surface area contributed by atoms with E-state index in [1.165, 1.54) is 0 Å². The number of halogens is 2. The maximum Gasteiger partial charge on any atom is 0.246 e. The molecule has 0 aromatic heterocycles. The Morgan fingerprint density at radius 1 is 1.30 bits per heavy atom. The van der Waals surface area contributed by atoms with Crippen molar-refractivity contribution >= 4 is 51.3 Å². The third kappa shape index (κ3) is 5.61. The van der Waals surface area contributed by atoms with Gasteiger partial charge in [0, 0.05) is 40.0 Å². The van der Waals surface area contributed by atoms with Crippen molar-refractivity contribution < 1.29 is 9.90 Å². The molecule has 0 radical (unpaired) electrons. The Morgan fingerprint density at radius 2 is 2.11 bits per heavy atom. The number of piperidine rings is 1. The second-order valence-electron chi connectivity index (χ2n) is 6.53. The molecule has 1 atom stereocenters. The number of amides is 1. The summed E-state index contributed by atoms with van der Waals surface area (Å²) in [6.45, 7) is 1.52. The Kier molecular flexibility index (Phi) is 7.41. The van der Waals surface area contributed by atoms with Gasteiger partial charge in [0.05, 0.1) is 5.02 Å². The first kappa shape index (κ1) is 20.5. The van der Waals surface area contributed by atoms with Gasteiger partial charge in [0.15, 0.2) is 0 Å². The molecule has 1 heterocycles. The lowest BCUT2D eigenvalue weighted by Crippen LogP contribution is -2.40. The van der Waals surface area contributed by atoms with E-state index >= 15 is 0 Å². The van der Waals surface area contributed by atoms with Gasteiger partial charge in [-0.1, -0.05) is 41.6 Å². The second kappa shape index (κ2) is 9.78. The minimum atomic E-state index is -0.0176.